The van der Waals surface area contributed by atoms with Gasteiger partial charge in [0.25, 0.3) is 0 Å². The van der Waals surface area contributed by atoms with Gasteiger partial charge in [0, 0.05) is 18.7 Å². The van der Waals surface area contributed by atoms with Crippen molar-refractivity contribution in [3.05, 3.63) is 47.9 Å². The van der Waals surface area contributed by atoms with E-state index in [-0.39, 0.29) is 13.2 Å². The number of aliphatic hydroxyl groups is 1. The van der Waals surface area contributed by atoms with Crippen molar-refractivity contribution in [2.45, 2.75) is 19.2 Å². The van der Waals surface area contributed by atoms with Crippen LogP contribution in [0.15, 0.2) is 41.0 Å². The smallest absolute Gasteiger partial charge is 0.165 e. The Kier molecular flexibility index (Phi) is 8.03. The second-order valence-corrected chi connectivity index (χ2v) is 5.77. The molecule has 0 aliphatic heterocycles. The quantitative estimate of drug-likeness (QED) is 0.491. The molecule has 26 heavy (non-hydrogen) atoms. The van der Waals surface area contributed by atoms with Crippen molar-refractivity contribution in [3.63, 3.8) is 0 Å². The first kappa shape index (κ1) is 19.9. The van der Waals surface area contributed by atoms with E-state index in [1.807, 2.05) is 30.3 Å². The summed E-state index contributed by atoms with van der Waals surface area (Å²) >= 11 is 0. The number of benzene rings is 1. The Hall–Kier alpha value is -2.46. The Morgan fingerprint density at radius 3 is 2.69 bits per heavy atom. The molecule has 0 aliphatic rings. The van der Waals surface area contributed by atoms with Gasteiger partial charge in [-0.3, -0.25) is 4.90 Å². The minimum atomic E-state index is -0.671. The van der Waals surface area contributed by atoms with Crippen LogP contribution in [0.4, 0.5) is 0 Å². The Bertz CT molecular complexity index is 693. The molecule has 6 heteroatoms. The predicted octanol–water partition coefficient (Wildman–Crippen LogP) is 2.31. The van der Waals surface area contributed by atoms with Gasteiger partial charge in [0.1, 0.15) is 12.4 Å². The molecule has 2 rings (SSSR count). The zero-order valence-electron chi connectivity index (χ0n) is 15.2. The minimum Gasteiger partial charge on any atom is -0.493 e. The first-order valence-corrected chi connectivity index (χ1v) is 8.31. The molecule has 1 N–H and O–H groups in total. The SMILES string of the molecule is C#CCOCC(O)CN(Cc1ccco1)Cc1cccc(OC)c1OC. The van der Waals surface area contributed by atoms with E-state index in [0.717, 1.165) is 11.3 Å². The first-order chi connectivity index (χ1) is 12.7. The molecule has 0 fully saturated rings. The Morgan fingerprint density at radius 2 is 2.04 bits per heavy atom. The van der Waals surface area contributed by atoms with E-state index >= 15 is 0 Å². The molecule has 1 heterocycles. The van der Waals surface area contributed by atoms with Gasteiger partial charge in [-0.25, -0.2) is 0 Å². The summed E-state index contributed by atoms with van der Waals surface area (Å²) in [6, 6.07) is 9.47. The molecule has 140 valence electrons. The molecule has 0 bridgehead atoms. The fourth-order valence-corrected chi connectivity index (χ4v) is 2.73. The van der Waals surface area contributed by atoms with Gasteiger partial charge in [0.15, 0.2) is 11.5 Å². The zero-order chi connectivity index (χ0) is 18.8. The summed E-state index contributed by atoms with van der Waals surface area (Å²) in [5.41, 5.74) is 0.954. The van der Waals surface area contributed by atoms with Crippen LogP contribution in [0, 0.1) is 12.3 Å². The third-order valence-electron chi connectivity index (χ3n) is 3.80. The van der Waals surface area contributed by atoms with Crippen molar-refractivity contribution in [1.29, 1.82) is 0 Å². The summed E-state index contributed by atoms with van der Waals surface area (Å²) in [5.74, 6) is 4.54. The van der Waals surface area contributed by atoms with Gasteiger partial charge in [-0.05, 0) is 18.2 Å². The van der Waals surface area contributed by atoms with Gasteiger partial charge >= 0.3 is 0 Å². The maximum absolute atomic E-state index is 10.3. The number of para-hydroxylation sites is 1. The summed E-state index contributed by atoms with van der Waals surface area (Å²) in [6.07, 6.45) is 6.12. The van der Waals surface area contributed by atoms with Crippen molar-refractivity contribution in [1.82, 2.24) is 4.90 Å². The standard InChI is InChI=1S/C20H25NO5/c1-4-10-25-15-17(22)13-21(14-18-8-6-11-26-18)12-16-7-5-9-19(23-2)20(16)24-3/h1,5-9,11,17,22H,10,12-15H2,2-3H3. The monoisotopic (exact) mass is 359 g/mol. The lowest BCUT2D eigenvalue weighted by Crippen LogP contribution is -2.34. The van der Waals surface area contributed by atoms with Crippen LogP contribution in [-0.2, 0) is 17.8 Å². The second kappa shape index (κ2) is 10.5. The molecular formula is C20H25NO5. The van der Waals surface area contributed by atoms with E-state index in [1.54, 1.807) is 20.5 Å². The van der Waals surface area contributed by atoms with Gasteiger partial charge in [-0.2, -0.15) is 0 Å². The summed E-state index contributed by atoms with van der Waals surface area (Å²) in [4.78, 5) is 2.06. The molecule has 0 amide bonds. The number of rotatable bonds is 11. The summed E-state index contributed by atoms with van der Waals surface area (Å²) < 4.78 is 21.5. The predicted molar refractivity (Wildman–Crippen MR) is 98.0 cm³/mol. The van der Waals surface area contributed by atoms with E-state index in [9.17, 15) is 5.11 Å². The van der Waals surface area contributed by atoms with Gasteiger partial charge in [-0.1, -0.05) is 18.1 Å². The Morgan fingerprint density at radius 1 is 1.19 bits per heavy atom. The summed E-state index contributed by atoms with van der Waals surface area (Å²) in [7, 11) is 3.22. The van der Waals surface area contributed by atoms with Gasteiger partial charge in [0.05, 0.1) is 39.7 Å². The Labute approximate surface area is 154 Å². The van der Waals surface area contributed by atoms with Crippen molar-refractivity contribution < 1.29 is 23.7 Å². The topological polar surface area (TPSA) is 64.3 Å². The number of hydrogen-bond donors (Lipinski definition) is 1. The average Bonchev–Trinajstić information content (AvgIpc) is 3.14. The normalized spacial score (nSPS) is 12.0. The summed E-state index contributed by atoms with van der Waals surface area (Å²) in [6.45, 7) is 1.84. The number of aliphatic hydroxyl groups excluding tert-OH is 1. The molecular weight excluding hydrogens is 334 g/mol. The van der Waals surface area contributed by atoms with Crippen LogP contribution in [-0.4, -0.2) is 50.1 Å². The molecule has 2 aromatic rings. The molecule has 0 spiro atoms. The van der Waals surface area contributed by atoms with Gasteiger partial charge in [0.2, 0.25) is 0 Å². The lowest BCUT2D eigenvalue weighted by atomic mass is 10.1. The fraction of sp³-hybridized carbons (Fsp3) is 0.400. The van der Waals surface area contributed by atoms with E-state index in [2.05, 4.69) is 10.8 Å². The van der Waals surface area contributed by atoms with Crippen LogP contribution in [0.25, 0.3) is 0 Å². The third kappa shape index (κ3) is 5.81. The maximum Gasteiger partial charge on any atom is 0.165 e. The zero-order valence-corrected chi connectivity index (χ0v) is 15.2. The average molecular weight is 359 g/mol. The number of methoxy groups -OCH3 is 2. The largest absolute Gasteiger partial charge is 0.493 e. The second-order valence-electron chi connectivity index (χ2n) is 5.77. The highest BCUT2D eigenvalue weighted by Crippen LogP contribution is 2.31. The molecule has 0 aliphatic carbocycles. The van der Waals surface area contributed by atoms with Crippen LogP contribution >= 0.6 is 0 Å². The number of hydrogen-bond acceptors (Lipinski definition) is 6. The molecule has 1 aromatic heterocycles. The van der Waals surface area contributed by atoms with Crippen LogP contribution < -0.4 is 9.47 Å². The van der Waals surface area contributed by atoms with Crippen LogP contribution in [0.2, 0.25) is 0 Å². The highest BCUT2D eigenvalue weighted by molar-refractivity contribution is 5.46. The van der Waals surface area contributed by atoms with Gasteiger partial charge in [-0.15, -0.1) is 6.42 Å². The lowest BCUT2D eigenvalue weighted by Gasteiger charge is -2.25. The molecule has 0 saturated heterocycles. The molecule has 1 unspecified atom stereocenters. The molecule has 0 saturated carbocycles. The Balaban J connectivity index is 2.12. The number of terminal acetylenes is 1. The molecule has 0 radical (unpaired) electrons. The van der Waals surface area contributed by atoms with Crippen LogP contribution in [0.3, 0.4) is 0 Å². The minimum absolute atomic E-state index is 0.175. The van der Waals surface area contributed by atoms with Crippen LogP contribution in [0.1, 0.15) is 11.3 Å². The molecule has 1 atom stereocenters. The van der Waals surface area contributed by atoms with Crippen molar-refractivity contribution >= 4 is 0 Å². The van der Waals surface area contributed by atoms with Crippen molar-refractivity contribution in [3.8, 4) is 23.8 Å². The van der Waals surface area contributed by atoms with E-state index in [4.69, 9.17) is 25.1 Å². The first-order valence-electron chi connectivity index (χ1n) is 8.31. The van der Waals surface area contributed by atoms with E-state index < -0.39 is 6.10 Å². The summed E-state index contributed by atoms with van der Waals surface area (Å²) in [5, 5.41) is 10.3. The van der Waals surface area contributed by atoms with E-state index in [0.29, 0.717) is 31.1 Å². The number of nitrogens with zero attached hydrogens (tertiary/aromatic N) is 1. The highest BCUT2D eigenvalue weighted by atomic mass is 16.5. The van der Waals surface area contributed by atoms with Crippen molar-refractivity contribution in [2.24, 2.45) is 0 Å². The maximum atomic E-state index is 10.3. The number of ether oxygens (including phenoxy) is 3. The highest BCUT2D eigenvalue weighted by Gasteiger charge is 2.18. The van der Waals surface area contributed by atoms with Crippen molar-refractivity contribution in [2.75, 3.05) is 34.0 Å². The molecule has 1 aromatic carbocycles. The number of furan rings is 1. The fourth-order valence-electron chi connectivity index (χ4n) is 2.73. The third-order valence-corrected chi connectivity index (χ3v) is 3.80. The lowest BCUT2D eigenvalue weighted by molar-refractivity contribution is 0.0228. The van der Waals surface area contributed by atoms with Crippen LogP contribution in [0.5, 0.6) is 11.5 Å². The van der Waals surface area contributed by atoms with E-state index in [1.165, 1.54) is 0 Å². The van der Waals surface area contributed by atoms with Gasteiger partial charge < -0.3 is 23.7 Å². The molecule has 6 nitrogen and oxygen atoms in total.